The van der Waals surface area contributed by atoms with E-state index in [9.17, 15) is 0 Å². The van der Waals surface area contributed by atoms with Crippen molar-refractivity contribution in [2.45, 2.75) is 38.4 Å². The third-order valence-electron chi connectivity index (χ3n) is 6.88. The molecule has 186 valence electrons. The molecule has 1 unspecified atom stereocenters. The molecule has 0 amide bonds. The highest BCUT2D eigenvalue weighted by atomic mass is 79.9. The van der Waals surface area contributed by atoms with Crippen LogP contribution in [0.15, 0.2) is 115 Å². The van der Waals surface area contributed by atoms with Crippen molar-refractivity contribution in [3.63, 3.8) is 0 Å². The Hall–Kier alpha value is -2.45. The first-order valence-corrected chi connectivity index (χ1v) is 14.7. The molecule has 1 atom stereocenters. The first kappa shape index (κ1) is 26.6. The fourth-order valence-corrected chi connectivity index (χ4v) is 9.44. The van der Waals surface area contributed by atoms with Crippen LogP contribution in [0.4, 0.5) is 0 Å². The molecular formula is C32H34BrO2P. The normalized spacial score (nSPS) is 15.6. The molecule has 0 aromatic heterocycles. The number of rotatable bonds is 9. The number of ether oxygens (including phenoxy) is 2. The van der Waals surface area contributed by atoms with E-state index in [1.54, 1.807) is 0 Å². The van der Waals surface area contributed by atoms with Crippen LogP contribution >= 0.6 is 7.26 Å². The highest BCUT2D eigenvalue weighted by molar-refractivity contribution is 7.95. The summed E-state index contributed by atoms with van der Waals surface area (Å²) < 4.78 is 11.7. The molecule has 5 rings (SSSR count). The second-order valence-corrected chi connectivity index (χ2v) is 12.8. The molecule has 0 spiro atoms. The lowest BCUT2D eigenvalue weighted by Crippen LogP contribution is -3.00. The van der Waals surface area contributed by atoms with Gasteiger partial charge in [0.05, 0.1) is 12.8 Å². The van der Waals surface area contributed by atoms with E-state index in [1.807, 2.05) is 0 Å². The molecular weight excluding hydrogens is 527 g/mol. The molecule has 0 saturated carbocycles. The monoisotopic (exact) mass is 560 g/mol. The van der Waals surface area contributed by atoms with E-state index in [0.717, 1.165) is 44.2 Å². The van der Waals surface area contributed by atoms with Crippen molar-refractivity contribution >= 4 is 23.2 Å². The lowest BCUT2D eigenvalue weighted by Gasteiger charge is -2.27. The average molecular weight is 562 g/mol. The maximum Gasteiger partial charge on any atom is 0.199 e. The van der Waals surface area contributed by atoms with Gasteiger partial charge in [0.25, 0.3) is 0 Å². The third kappa shape index (κ3) is 6.27. The summed E-state index contributed by atoms with van der Waals surface area (Å²) in [7, 11) is -1.77. The smallest absolute Gasteiger partial charge is 0.199 e. The van der Waals surface area contributed by atoms with Crippen LogP contribution in [0.5, 0.6) is 5.75 Å². The topological polar surface area (TPSA) is 18.5 Å². The van der Waals surface area contributed by atoms with Crippen molar-refractivity contribution in [1.82, 2.24) is 0 Å². The molecule has 4 heteroatoms. The van der Waals surface area contributed by atoms with Crippen molar-refractivity contribution in [2.24, 2.45) is 0 Å². The predicted octanol–water partition coefficient (Wildman–Crippen LogP) is 3.52. The van der Waals surface area contributed by atoms with Gasteiger partial charge in [-0.05, 0) is 79.8 Å². The third-order valence-corrected chi connectivity index (χ3v) is 11.4. The lowest BCUT2D eigenvalue weighted by atomic mass is 10.1. The standard InChI is InChI=1S/C32H34O2P.BrH/c1-4-14-29(15-5-1)35(30-16-6-2-7-17-30,31-18-8-3-9-19-31)26-12-13-27-21-23-28(24-22-27)34-32-20-10-11-25-33-32;/h1-9,14-19,21-24,32H,10-13,20,25-26H2;1H/q+1;/p-1. The Bertz CT molecular complexity index is 1060. The van der Waals surface area contributed by atoms with Gasteiger partial charge in [-0.15, -0.1) is 0 Å². The summed E-state index contributed by atoms with van der Waals surface area (Å²) in [5, 5.41) is 4.36. The van der Waals surface area contributed by atoms with Crippen LogP contribution in [0.25, 0.3) is 0 Å². The van der Waals surface area contributed by atoms with Gasteiger partial charge in [-0.25, -0.2) is 0 Å². The first-order chi connectivity index (χ1) is 17.3. The van der Waals surface area contributed by atoms with Crippen molar-refractivity contribution in [1.29, 1.82) is 0 Å². The quantitative estimate of drug-likeness (QED) is 0.292. The maximum atomic E-state index is 6.03. The van der Waals surface area contributed by atoms with Gasteiger partial charge in [-0.1, -0.05) is 66.7 Å². The molecule has 36 heavy (non-hydrogen) atoms. The molecule has 1 saturated heterocycles. The minimum absolute atomic E-state index is 0. The minimum atomic E-state index is -1.77. The van der Waals surface area contributed by atoms with Crippen LogP contribution in [0.1, 0.15) is 31.2 Å². The zero-order valence-electron chi connectivity index (χ0n) is 20.6. The van der Waals surface area contributed by atoms with Gasteiger partial charge in [-0.2, -0.15) is 0 Å². The van der Waals surface area contributed by atoms with Crippen LogP contribution < -0.4 is 37.6 Å². The summed E-state index contributed by atoms with van der Waals surface area (Å²) in [5.74, 6) is 0.903. The van der Waals surface area contributed by atoms with Crippen molar-refractivity contribution in [3.8, 4) is 5.75 Å². The van der Waals surface area contributed by atoms with Gasteiger partial charge in [0, 0.05) is 6.42 Å². The van der Waals surface area contributed by atoms with Gasteiger partial charge in [0.1, 0.15) is 28.9 Å². The van der Waals surface area contributed by atoms with Crippen LogP contribution in [0, 0.1) is 0 Å². The molecule has 0 bridgehead atoms. The van der Waals surface area contributed by atoms with E-state index in [1.165, 1.54) is 27.9 Å². The predicted molar refractivity (Wildman–Crippen MR) is 149 cm³/mol. The van der Waals surface area contributed by atoms with E-state index in [-0.39, 0.29) is 23.3 Å². The summed E-state index contributed by atoms with van der Waals surface area (Å²) in [6.45, 7) is 0.803. The Labute approximate surface area is 226 Å². The van der Waals surface area contributed by atoms with Gasteiger partial charge in [-0.3, -0.25) is 0 Å². The van der Waals surface area contributed by atoms with E-state index < -0.39 is 7.26 Å². The zero-order chi connectivity index (χ0) is 23.8. The van der Waals surface area contributed by atoms with Crippen LogP contribution in [0.3, 0.4) is 0 Å². The highest BCUT2D eigenvalue weighted by Crippen LogP contribution is 2.55. The van der Waals surface area contributed by atoms with Gasteiger partial charge < -0.3 is 26.5 Å². The Balaban J connectivity index is 0.00000304. The summed E-state index contributed by atoms with van der Waals surface area (Å²) in [4.78, 5) is 0. The van der Waals surface area contributed by atoms with Crippen LogP contribution in [-0.2, 0) is 11.2 Å². The van der Waals surface area contributed by atoms with Gasteiger partial charge >= 0.3 is 0 Å². The fourth-order valence-electron chi connectivity index (χ4n) is 5.09. The second-order valence-electron chi connectivity index (χ2n) is 9.20. The van der Waals surface area contributed by atoms with Crippen molar-refractivity contribution < 1.29 is 26.5 Å². The second kappa shape index (κ2) is 13.2. The minimum Gasteiger partial charge on any atom is -1.00 e. The highest BCUT2D eigenvalue weighted by Gasteiger charge is 2.44. The molecule has 2 nitrogen and oxygen atoms in total. The Morgan fingerprint density at radius 1 is 0.667 bits per heavy atom. The fraction of sp³-hybridized carbons (Fsp3) is 0.250. The number of benzene rings is 4. The van der Waals surface area contributed by atoms with E-state index in [0.29, 0.717) is 0 Å². The molecule has 1 aliphatic rings. The summed E-state index contributed by atoms with van der Waals surface area (Å²) in [6.07, 6.45) is 6.51. The Morgan fingerprint density at radius 3 is 1.67 bits per heavy atom. The first-order valence-electron chi connectivity index (χ1n) is 12.8. The molecule has 0 aliphatic carbocycles. The lowest BCUT2D eigenvalue weighted by molar-refractivity contribution is -0.105. The van der Waals surface area contributed by atoms with E-state index >= 15 is 0 Å². The van der Waals surface area contributed by atoms with Crippen molar-refractivity contribution in [3.05, 3.63) is 121 Å². The number of hydrogen-bond donors (Lipinski definition) is 0. The average Bonchev–Trinajstić information content (AvgIpc) is 2.94. The van der Waals surface area contributed by atoms with E-state index in [2.05, 4.69) is 115 Å². The van der Waals surface area contributed by atoms with Crippen molar-refractivity contribution in [2.75, 3.05) is 12.8 Å². The number of hydrogen-bond acceptors (Lipinski definition) is 2. The SMILES string of the molecule is [Br-].c1ccc([P+](CCCc2ccc(OC3CCCCO3)cc2)(c2ccccc2)c2ccccc2)cc1. The molecule has 4 aromatic carbocycles. The summed E-state index contributed by atoms with van der Waals surface area (Å²) >= 11 is 0. The molecule has 0 N–H and O–H groups in total. The number of aryl methyl sites for hydroxylation is 1. The summed E-state index contributed by atoms with van der Waals surface area (Å²) in [6, 6.07) is 42.1. The number of halogens is 1. The summed E-state index contributed by atoms with van der Waals surface area (Å²) in [5.41, 5.74) is 1.36. The molecule has 1 heterocycles. The van der Waals surface area contributed by atoms with Gasteiger partial charge in [0.2, 0.25) is 0 Å². The van der Waals surface area contributed by atoms with Crippen LogP contribution in [-0.4, -0.2) is 19.1 Å². The van der Waals surface area contributed by atoms with E-state index in [4.69, 9.17) is 9.47 Å². The molecule has 0 radical (unpaired) electrons. The van der Waals surface area contributed by atoms with Gasteiger partial charge in [0.15, 0.2) is 6.29 Å². The maximum absolute atomic E-state index is 6.03. The Morgan fingerprint density at radius 2 is 1.19 bits per heavy atom. The molecule has 4 aromatic rings. The Kier molecular flexibility index (Phi) is 9.75. The zero-order valence-corrected chi connectivity index (χ0v) is 23.1. The molecule has 1 fully saturated rings. The van der Waals surface area contributed by atoms with Crippen LogP contribution in [0.2, 0.25) is 0 Å². The largest absolute Gasteiger partial charge is 1.00 e. The molecule has 1 aliphatic heterocycles.